The Bertz CT molecular complexity index is 854. The van der Waals surface area contributed by atoms with Crippen molar-refractivity contribution in [2.75, 3.05) is 18.8 Å². The molecule has 1 unspecified atom stereocenters. The third kappa shape index (κ3) is 4.55. The van der Waals surface area contributed by atoms with E-state index in [1.807, 2.05) is 37.8 Å². The Morgan fingerprint density at radius 2 is 1.96 bits per heavy atom. The molecule has 1 heterocycles. The highest BCUT2D eigenvalue weighted by Crippen LogP contribution is 2.38. The smallest absolute Gasteiger partial charge is 0.254 e. The first-order valence-electron chi connectivity index (χ1n) is 9.41. The molecule has 28 heavy (non-hydrogen) atoms. The average molecular weight is 401 g/mol. The van der Waals surface area contributed by atoms with Crippen LogP contribution in [0.4, 0.5) is 4.39 Å². The summed E-state index contributed by atoms with van der Waals surface area (Å²) in [6.07, 6.45) is 0. The molecule has 2 amide bonds. The van der Waals surface area contributed by atoms with Crippen molar-refractivity contribution >= 4 is 23.6 Å². The molecule has 1 atom stereocenters. The maximum atomic E-state index is 13.5. The van der Waals surface area contributed by atoms with Crippen molar-refractivity contribution in [2.45, 2.75) is 32.2 Å². The first-order chi connectivity index (χ1) is 13.4. The van der Waals surface area contributed by atoms with Crippen LogP contribution < -0.4 is 0 Å². The molecule has 6 heteroatoms. The van der Waals surface area contributed by atoms with Crippen molar-refractivity contribution < 1.29 is 14.0 Å². The summed E-state index contributed by atoms with van der Waals surface area (Å²) in [5, 5.41) is -0.0358. The number of halogens is 1. The van der Waals surface area contributed by atoms with Crippen LogP contribution in [0.5, 0.6) is 0 Å². The molecule has 0 spiro atoms. The van der Waals surface area contributed by atoms with Crippen LogP contribution in [0.25, 0.3) is 0 Å². The molecule has 0 saturated carbocycles. The zero-order chi connectivity index (χ0) is 20.3. The maximum absolute atomic E-state index is 13.5. The molecule has 2 aromatic rings. The van der Waals surface area contributed by atoms with Crippen LogP contribution >= 0.6 is 11.8 Å². The summed E-state index contributed by atoms with van der Waals surface area (Å²) in [6.45, 7) is 6.74. The van der Waals surface area contributed by atoms with Crippen LogP contribution in [0.1, 0.15) is 40.7 Å². The number of hydrogen-bond acceptors (Lipinski definition) is 3. The second kappa shape index (κ2) is 8.78. The van der Waals surface area contributed by atoms with Crippen molar-refractivity contribution in [3.05, 3.63) is 71.0 Å². The number of rotatable bonds is 6. The molecule has 4 nitrogen and oxygen atoms in total. The first kappa shape index (κ1) is 20.4. The predicted octanol–water partition coefficient (Wildman–Crippen LogP) is 4.26. The van der Waals surface area contributed by atoms with Gasteiger partial charge in [0.15, 0.2) is 0 Å². The van der Waals surface area contributed by atoms with Gasteiger partial charge >= 0.3 is 0 Å². The molecule has 0 aromatic heterocycles. The second-order valence-electron chi connectivity index (χ2n) is 7.26. The van der Waals surface area contributed by atoms with Crippen molar-refractivity contribution in [1.82, 2.24) is 9.80 Å². The van der Waals surface area contributed by atoms with Crippen LogP contribution in [-0.2, 0) is 4.79 Å². The number of carbonyl (C=O) groups excluding carboxylic acids is 2. The Hall–Kier alpha value is -2.34. The van der Waals surface area contributed by atoms with Gasteiger partial charge in [0, 0.05) is 24.7 Å². The third-order valence-electron chi connectivity index (χ3n) is 4.87. The number of amides is 2. The fourth-order valence-corrected chi connectivity index (χ4v) is 4.52. The summed E-state index contributed by atoms with van der Waals surface area (Å²) < 4.78 is 13.5. The molecule has 1 aliphatic rings. The Morgan fingerprint density at radius 3 is 2.61 bits per heavy atom. The molecule has 148 valence electrons. The Kier molecular flexibility index (Phi) is 6.39. The SMILES string of the molecule is Cc1ccc(C2SCC(=O)N2CCN(C(=O)c2cccc(F)c2)C(C)C)cc1. The lowest BCUT2D eigenvalue weighted by molar-refractivity contribution is -0.128. The van der Waals surface area contributed by atoms with E-state index < -0.39 is 5.82 Å². The fraction of sp³-hybridized carbons (Fsp3) is 0.364. The van der Waals surface area contributed by atoms with E-state index in [4.69, 9.17) is 0 Å². The molecule has 1 fully saturated rings. The van der Waals surface area contributed by atoms with Crippen molar-refractivity contribution in [3.8, 4) is 0 Å². The third-order valence-corrected chi connectivity index (χ3v) is 6.12. The van der Waals surface area contributed by atoms with Crippen molar-refractivity contribution in [1.29, 1.82) is 0 Å². The van der Waals surface area contributed by atoms with E-state index in [9.17, 15) is 14.0 Å². The van der Waals surface area contributed by atoms with E-state index in [1.54, 1.807) is 22.7 Å². The lowest BCUT2D eigenvalue weighted by Gasteiger charge is -2.31. The second-order valence-corrected chi connectivity index (χ2v) is 8.33. The van der Waals surface area contributed by atoms with Crippen LogP contribution in [0, 0.1) is 12.7 Å². The first-order valence-corrected chi connectivity index (χ1v) is 10.5. The molecule has 0 aliphatic carbocycles. The standard InChI is InChI=1S/C22H25FN2O2S/c1-15(2)24(21(27)18-5-4-6-19(23)13-18)11-12-25-20(26)14-28-22(25)17-9-7-16(3)8-10-17/h4-10,13,15,22H,11-12,14H2,1-3H3. The molecular formula is C22H25FN2O2S. The lowest BCUT2D eigenvalue weighted by atomic mass is 10.1. The largest absolute Gasteiger partial charge is 0.334 e. The zero-order valence-electron chi connectivity index (χ0n) is 16.4. The molecule has 1 saturated heterocycles. The van der Waals surface area contributed by atoms with Gasteiger partial charge in [0.1, 0.15) is 11.2 Å². The van der Waals surface area contributed by atoms with Crippen molar-refractivity contribution in [3.63, 3.8) is 0 Å². The van der Waals surface area contributed by atoms with Gasteiger partial charge in [-0.05, 0) is 44.5 Å². The zero-order valence-corrected chi connectivity index (χ0v) is 17.2. The van der Waals surface area contributed by atoms with Crippen LogP contribution in [0.15, 0.2) is 48.5 Å². The quantitative estimate of drug-likeness (QED) is 0.728. The average Bonchev–Trinajstić information content (AvgIpc) is 3.03. The van der Waals surface area contributed by atoms with E-state index in [2.05, 4.69) is 12.1 Å². The summed E-state index contributed by atoms with van der Waals surface area (Å²) in [4.78, 5) is 28.8. The maximum Gasteiger partial charge on any atom is 0.254 e. The number of hydrogen-bond donors (Lipinski definition) is 0. The Labute approximate surface area is 169 Å². The number of thioether (sulfide) groups is 1. The number of nitrogens with zero attached hydrogens (tertiary/aromatic N) is 2. The highest BCUT2D eigenvalue weighted by Gasteiger charge is 2.33. The molecule has 0 N–H and O–H groups in total. The molecule has 1 aliphatic heterocycles. The van der Waals surface area contributed by atoms with E-state index in [1.165, 1.54) is 23.8 Å². The monoisotopic (exact) mass is 400 g/mol. The van der Waals surface area contributed by atoms with Gasteiger partial charge in [-0.15, -0.1) is 11.8 Å². The highest BCUT2D eigenvalue weighted by molar-refractivity contribution is 8.00. The van der Waals surface area contributed by atoms with Gasteiger partial charge in [0.05, 0.1) is 5.75 Å². The Balaban J connectivity index is 1.73. The van der Waals surface area contributed by atoms with Gasteiger partial charge in [-0.25, -0.2) is 4.39 Å². The van der Waals surface area contributed by atoms with Gasteiger partial charge in [-0.3, -0.25) is 9.59 Å². The van der Waals surface area contributed by atoms with Gasteiger partial charge in [-0.1, -0.05) is 35.9 Å². The predicted molar refractivity (Wildman–Crippen MR) is 111 cm³/mol. The summed E-state index contributed by atoms with van der Waals surface area (Å²) in [5.41, 5.74) is 2.59. The minimum atomic E-state index is -0.430. The van der Waals surface area contributed by atoms with E-state index in [0.717, 1.165) is 5.56 Å². The van der Waals surface area contributed by atoms with Gasteiger partial charge in [-0.2, -0.15) is 0 Å². The molecule has 0 radical (unpaired) electrons. The van der Waals surface area contributed by atoms with E-state index >= 15 is 0 Å². The topological polar surface area (TPSA) is 40.6 Å². The van der Waals surface area contributed by atoms with Crippen LogP contribution in [0.2, 0.25) is 0 Å². The summed E-state index contributed by atoms with van der Waals surface area (Å²) in [7, 11) is 0. The summed E-state index contributed by atoms with van der Waals surface area (Å²) in [6, 6.07) is 13.9. The minimum Gasteiger partial charge on any atom is -0.334 e. The molecule has 0 bridgehead atoms. The highest BCUT2D eigenvalue weighted by atomic mass is 32.2. The van der Waals surface area contributed by atoms with E-state index in [0.29, 0.717) is 24.4 Å². The van der Waals surface area contributed by atoms with Gasteiger partial charge < -0.3 is 9.80 Å². The number of carbonyl (C=O) groups is 2. The molecule has 3 rings (SSSR count). The van der Waals surface area contributed by atoms with Crippen LogP contribution in [-0.4, -0.2) is 46.5 Å². The lowest BCUT2D eigenvalue weighted by Crippen LogP contribution is -2.43. The molecule has 2 aromatic carbocycles. The van der Waals surface area contributed by atoms with Crippen LogP contribution in [0.3, 0.4) is 0 Å². The van der Waals surface area contributed by atoms with Gasteiger partial charge in [0.2, 0.25) is 5.91 Å². The van der Waals surface area contributed by atoms with Crippen molar-refractivity contribution in [2.24, 2.45) is 0 Å². The Morgan fingerprint density at radius 1 is 1.25 bits per heavy atom. The van der Waals surface area contributed by atoms with E-state index in [-0.39, 0.29) is 23.2 Å². The fourth-order valence-electron chi connectivity index (χ4n) is 3.30. The molecular weight excluding hydrogens is 375 g/mol. The normalized spacial score (nSPS) is 16.7. The van der Waals surface area contributed by atoms with Gasteiger partial charge in [0.25, 0.3) is 5.91 Å². The summed E-state index contributed by atoms with van der Waals surface area (Å²) >= 11 is 1.61. The number of aryl methyl sites for hydroxylation is 1. The summed E-state index contributed by atoms with van der Waals surface area (Å²) in [5.74, 6) is -0.129. The minimum absolute atomic E-state index is 0.0358. The number of benzene rings is 2.